The molecule has 1 aliphatic rings. The predicted octanol–water partition coefficient (Wildman–Crippen LogP) is 6.09. The highest BCUT2D eigenvalue weighted by molar-refractivity contribution is 6.14. The van der Waals surface area contributed by atoms with E-state index in [1.807, 2.05) is 38.1 Å². The molecule has 0 amide bonds. The van der Waals surface area contributed by atoms with E-state index in [0.717, 1.165) is 44.4 Å². The van der Waals surface area contributed by atoms with Crippen LogP contribution < -0.4 is 0 Å². The summed E-state index contributed by atoms with van der Waals surface area (Å²) < 4.78 is 5.32. The lowest BCUT2D eigenvalue weighted by Gasteiger charge is -2.08. The highest BCUT2D eigenvalue weighted by atomic mass is 16.5. The molecule has 0 unspecified atom stereocenters. The van der Waals surface area contributed by atoms with Crippen LogP contribution in [0.4, 0.5) is 0 Å². The van der Waals surface area contributed by atoms with Crippen molar-refractivity contribution in [2.24, 2.45) is 0 Å². The van der Waals surface area contributed by atoms with E-state index in [4.69, 9.17) is 14.7 Å². The van der Waals surface area contributed by atoms with Crippen LogP contribution in [0.25, 0.3) is 44.3 Å². The third kappa shape index (κ3) is 3.17. The van der Waals surface area contributed by atoms with Crippen LogP contribution in [0, 0.1) is 13.8 Å². The van der Waals surface area contributed by atoms with Gasteiger partial charge in [0, 0.05) is 22.1 Å². The summed E-state index contributed by atoms with van der Waals surface area (Å²) in [7, 11) is 0. The highest BCUT2D eigenvalue weighted by Gasteiger charge is 2.24. The van der Waals surface area contributed by atoms with E-state index < -0.39 is 5.97 Å². The van der Waals surface area contributed by atoms with Crippen LogP contribution in [0.5, 0.6) is 0 Å². The van der Waals surface area contributed by atoms with Gasteiger partial charge in [0.1, 0.15) is 0 Å². The quantitative estimate of drug-likeness (QED) is 0.243. The Hall–Kier alpha value is -4.38. The summed E-state index contributed by atoms with van der Waals surface area (Å²) in [5.74, 6) is -0.799. The number of esters is 1. The molecule has 4 aromatic carbocycles. The molecule has 0 spiro atoms. The number of aryl methyl sites for hydroxylation is 2. The van der Waals surface area contributed by atoms with Crippen molar-refractivity contribution in [2.75, 3.05) is 6.61 Å². The van der Waals surface area contributed by atoms with Crippen LogP contribution in [0.3, 0.4) is 0 Å². The number of carbonyl (C=O) groups is 2. The molecule has 0 radical (unpaired) electrons. The maximum atomic E-state index is 12.7. The molecular weight excluding hydrogens is 424 g/mol. The van der Waals surface area contributed by atoms with Crippen LogP contribution in [-0.4, -0.2) is 28.3 Å². The molecule has 1 aromatic heterocycles. The molecule has 6 rings (SSSR count). The van der Waals surface area contributed by atoms with Crippen LogP contribution >= 0.6 is 0 Å². The fraction of sp³-hybridized carbons (Fsp3) is 0.103. The second kappa shape index (κ2) is 7.59. The first-order valence-corrected chi connectivity index (χ1v) is 11.1. The van der Waals surface area contributed by atoms with Gasteiger partial charge < -0.3 is 4.74 Å². The minimum atomic E-state index is -0.563. The number of ether oxygens (including phenoxy) is 1. The lowest BCUT2D eigenvalue weighted by atomic mass is 10.0. The molecule has 1 aliphatic carbocycles. The monoisotopic (exact) mass is 444 g/mol. The Morgan fingerprint density at radius 2 is 1.41 bits per heavy atom. The zero-order valence-corrected chi connectivity index (χ0v) is 18.8. The van der Waals surface area contributed by atoms with Crippen molar-refractivity contribution in [1.82, 2.24) is 9.97 Å². The summed E-state index contributed by atoms with van der Waals surface area (Å²) in [5.41, 5.74) is 8.10. The van der Waals surface area contributed by atoms with Gasteiger partial charge in [0.2, 0.25) is 0 Å². The zero-order valence-electron chi connectivity index (χ0n) is 18.8. The molecule has 1 heterocycles. The van der Waals surface area contributed by atoms with Gasteiger partial charge in [-0.2, -0.15) is 0 Å². The number of carbonyl (C=O) groups excluding carboxylic acids is 2. The van der Waals surface area contributed by atoms with E-state index >= 15 is 0 Å². The second-order valence-electron chi connectivity index (χ2n) is 8.63. The summed E-state index contributed by atoms with van der Waals surface area (Å²) in [6.45, 7) is 3.62. The Labute approximate surface area is 196 Å². The van der Waals surface area contributed by atoms with E-state index in [1.165, 1.54) is 0 Å². The standard InChI is InChI=1S/C29H20N2O3/c1-16-9-10-19(13-17(16)2)25(32)15-34-29(33)20-11-12-23-24(14-20)31-28-22-8-4-6-18-5-3-7-21(26(18)22)27(28)30-23/h3-14H,15H2,1-2H3. The van der Waals surface area contributed by atoms with Crippen LogP contribution in [0.2, 0.25) is 0 Å². The molecule has 164 valence electrons. The molecule has 0 aliphatic heterocycles. The number of aromatic nitrogens is 2. The van der Waals surface area contributed by atoms with Gasteiger partial charge in [0.05, 0.1) is 28.0 Å². The molecule has 34 heavy (non-hydrogen) atoms. The van der Waals surface area contributed by atoms with E-state index in [9.17, 15) is 9.59 Å². The zero-order chi connectivity index (χ0) is 23.4. The summed E-state index contributed by atoms with van der Waals surface area (Å²) >= 11 is 0. The van der Waals surface area contributed by atoms with Gasteiger partial charge in [-0.1, -0.05) is 48.5 Å². The van der Waals surface area contributed by atoms with Crippen LogP contribution in [0.1, 0.15) is 31.8 Å². The van der Waals surface area contributed by atoms with E-state index in [2.05, 4.69) is 24.3 Å². The van der Waals surface area contributed by atoms with Gasteiger partial charge in [0.15, 0.2) is 12.4 Å². The van der Waals surface area contributed by atoms with Gasteiger partial charge >= 0.3 is 5.97 Å². The average Bonchev–Trinajstić information content (AvgIpc) is 3.17. The van der Waals surface area contributed by atoms with Crippen molar-refractivity contribution in [3.05, 3.63) is 95.1 Å². The number of nitrogens with zero attached hydrogens (tertiary/aromatic N) is 2. The van der Waals surface area contributed by atoms with Gasteiger partial charge in [-0.05, 0) is 54.6 Å². The van der Waals surface area contributed by atoms with Gasteiger partial charge in [-0.25, -0.2) is 14.8 Å². The van der Waals surface area contributed by atoms with Crippen molar-refractivity contribution in [3.8, 4) is 22.5 Å². The smallest absolute Gasteiger partial charge is 0.338 e. The van der Waals surface area contributed by atoms with Gasteiger partial charge in [-0.3, -0.25) is 4.79 Å². The molecular formula is C29H20N2O3. The summed E-state index contributed by atoms with van der Waals surface area (Å²) in [4.78, 5) is 34.9. The number of rotatable bonds is 4. The molecule has 5 aromatic rings. The topological polar surface area (TPSA) is 69.2 Å². The van der Waals surface area contributed by atoms with Crippen LogP contribution in [0.15, 0.2) is 72.8 Å². The first kappa shape index (κ1) is 20.2. The summed E-state index contributed by atoms with van der Waals surface area (Å²) in [6.07, 6.45) is 0. The molecule has 0 bridgehead atoms. The lowest BCUT2D eigenvalue weighted by Crippen LogP contribution is -2.14. The Kier molecular flexibility index (Phi) is 4.52. The van der Waals surface area contributed by atoms with E-state index in [0.29, 0.717) is 22.2 Å². The molecule has 0 N–H and O–H groups in total. The summed E-state index contributed by atoms with van der Waals surface area (Å²) in [5, 5.41) is 2.30. The Morgan fingerprint density at radius 1 is 0.735 bits per heavy atom. The number of Topliss-reactive ketones (excluding diaryl/α,β-unsaturated/α-hetero) is 1. The van der Waals surface area contributed by atoms with Crippen molar-refractivity contribution in [3.63, 3.8) is 0 Å². The third-order valence-electron chi connectivity index (χ3n) is 6.48. The Morgan fingerprint density at radius 3 is 2.12 bits per heavy atom. The number of fused-ring (bicyclic) bond motifs is 4. The molecule has 5 nitrogen and oxygen atoms in total. The van der Waals surface area contributed by atoms with Crippen molar-refractivity contribution >= 4 is 33.6 Å². The Bertz CT molecular complexity index is 1660. The number of hydrogen-bond donors (Lipinski definition) is 0. The molecule has 0 saturated carbocycles. The van der Waals surface area contributed by atoms with Crippen molar-refractivity contribution in [1.29, 1.82) is 0 Å². The van der Waals surface area contributed by atoms with Gasteiger partial charge in [0.25, 0.3) is 0 Å². The number of hydrogen-bond acceptors (Lipinski definition) is 5. The normalized spacial score (nSPS) is 11.6. The second-order valence-corrected chi connectivity index (χ2v) is 8.63. The predicted molar refractivity (Wildman–Crippen MR) is 132 cm³/mol. The largest absolute Gasteiger partial charge is 0.454 e. The first-order valence-electron chi connectivity index (χ1n) is 11.1. The average molecular weight is 444 g/mol. The SMILES string of the molecule is Cc1ccc(C(=O)COC(=O)c2ccc3nc4c(nc3c2)-c2cccc3cccc-4c23)cc1C. The number of benzene rings is 4. The molecule has 0 saturated heterocycles. The van der Waals surface area contributed by atoms with Crippen molar-refractivity contribution in [2.45, 2.75) is 13.8 Å². The molecule has 5 heteroatoms. The van der Waals surface area contributed by atoms with Crippen molar-refractivity contribution < 1.29 is 14.3 Å². The maximum absolute atomic E-state index is 12.7. The Balaban J connectivity index is 1.29. The van der Waals surface area contributed by atoms with Gasteiger partial charge in [-0.15, -0.1) is 0 Å². The minimum absolute atomic E-state index is 0.235. The maximum Gasteiger partial charge on any atom is 0.338 e. The fourth-order valence-electron chi connectivity index (χ4n) is 4.51. The third-order valence-corrected chi connectivity index (χ3v) is 6.48. The molecule has 0 fully saturated rings. The minimum Gasteiger partial charge on any atom is -0.454 e. The first-order chi connectivity index (χ1) is 16.5. The molecule has 0 atom stereocenters. The van der Waals surface area contributed by atoms with E-state index in [-0.39, 0.29) is 12.4 Å². The van der Waals surface area contributed by atoms with E-state index in [1.54, 1.807) is 24.3 Å². The highest BCUT2D eigenvalue weighted by Crippen LogP contribution is 2.45. The summed E-state index contributed by atoms with van der Waals surface area (Å²) in [6, 6.07) is 22.9. The number of ketones is 1. The fourth-order valence-corrected chi connectivity index (χ4v) is 4.51. The van der Waals surface area contributed by atoms with Crippen LogP contribution in [-0.2, 0) is 4.74 Å². The lowest BCUT2D eigenvalue weighted by molar-refractivity contribution is 0.0475.